The van der Waals surface area contributed by atoms with Gasteiger partial charge in [-0.05, 0) is 103 Å². The summed E-state index contributed by atoms with van der Waals surface area (Å²) in [6, 6.07) is 18.7. The molecule has 0 spiro atoms. The molecule has 2 aromatic carbocycles. The molecule has 4 aromatic rings. The molecule has 0 radical (unpaired) electrons. The van der Waals surface area contributed by atoms with E-state index in [1.54, 1.807) is 4.90 Å². The monoisotopic (exact) mass is 658 g/mol. The molecule has 0 bridgehead atoms. The van der Waals surface area contributed by atoms with Crippen molar-refractivity contribution in [2.24, 2.45) is 23.3 Å². The maximum absolute atomic E-state index is 14.2. The summed E-state index contributed by atoms with van der Waals surface area (Å²) in [5.41, 5.74) is 16.3. The van der Waals surface area contributed by atoms with Crippen molar-refractivity contribution >= 4 is 35.7 Å². The number of nitrogens with zero attached hydrogens (tertiary/aromatic N) is 7. The normalized spacial score (nSPS) is 19.1. The number of anilines is 2. The zero-order chi connectivity index (χ0) is 32.0. The molecule has 2 amide bonds. The van der Waals surface area contributed by atoms with Gasteiger partial charge in [-0.25, -0.2) is 10.1 Å². The first-order valence-electron chi connectivity index (χ1n) is 16.0. The molecule has 1 atom stereocenters. The number of tetrazole rings is 1. The Labute approximate surface area is 281 Å². The van der Waals surface area contributed by atoms with Crippen LogP contribution in [0.3, 0.4) is 0 Å². The number of hydrogen-bond acceptors (Lipinski definition) is 9. The van der Waals surface area contributed by atoms with E-state index >= 15 is 0 Å². The van der Waals surface area contributed by atoms with Crippen LogP contribution in [0.4, 0.5) is 11.5 Å². The summed E-state index contributed by atoms with van der Waals surface area (Å²) in [7, 11) is 2.14. The minimum Gasteiger partial charge on any atom is -0.368 e. The molecule has 1 saturated heterocycles. The van der Waals surface area contributed by atoms with Crippen LogP contribution in [0.15, 0.2) is 66.9 Å². The van der Waals surface area contributed by atoms with E-state index in [1.165, 1.54) is 0 Å². The van der Waals surface area contributed by atoms with Crippen LogP contribution < -0.4 is 21.3 Å². The second-order valence-electron chi connectivity index (χ2n) is 12.5. The van der Waals surface area contributed by atoms with Gasteiger partial charge >= 0.3 is 0 Å². The fourth-order valence-electron chi connectivity index (χ4n) is 6.52. The number of amides is 2. The molecule has 248 valence electrons. The summed E-state index contributed by atoms with van der Waals surface area (Å²) in [6.45, 7) is 4.62. The number of piperazine rings is 1. The molecule has 13 heteroatoms. The van der Waals surface area contributed by atoms with Gasteiger partial charge < -0.3 is 21.3 Å². The number of likely N-dealkylation sites (N-methyl/N-ethyl adjacent to an activating group) is 1. The fraction of sp³-hybridized carbons (Fsp3) is 0.412. The lowest BCUT2D eigenvalue weighted by Gasteiger charge is -2.35. The van der Waals surface area contributed by atoms with Gasteiger partial charge in [0.25, 0.3) is 0 Å². The Morgan fingerprint density at radius 2 is 1.57 bits per heavy atom. The number of pyridine rings is 1. The lowest BCUT2D eigenvalue weighted by Crippen LogP contribution is -2.52. The number of H-pyrrole nitrogens is 1. The van der Waals surface area contributed by atoms with Crippen molar-refractivity contribution in [1.82, 2.24) is 30.5 Å². The minimum absolute atomic E-state index is 0. The van der Waals surface area contributed by atoms with Crippen LogP contribution >= 0.6 is 12.4 Å². The van der Waals surface area contributed by atoms with E-state index in [0.717, 1.165) is 79.9 Å². The van der Waals surface area contributed by atoms with Gasteiger partial charge in [0.1, 0.15) is 11.9 Å². The highest BCUT2D eigenvalue weighted by Gasteiger charge is 2.36. The predicted octanol–water partition coefficient (Wildman–Crippen LogP) is 3.30. The van der Waals surface area contributed by atoms with Crippen LogP contribution in [0, 0.1) is 11.8 Å². The third-order valence-electron chi connectivity index (χ3n) is 9.46. The molecule has 2 aromatic heterocycles. The second-order valence-corrected chi connectivity index (χ2v) is 12.5. The Morgan fingerprint density at radius 1 is 0.915 bits per heavy atom. The third kappa shape index (κ3) is 7.95. The van der Waals surface area contributed by atoms with E-state index in [9.17, 15) is 9.59 Å². The van der Waals surface area contributed by atoms with Crippen molar-refractivity contribution in [3.63, 3.8) is 0 Å². The van der Waals surface area contributed by atoms with Gasteiger partial charge in [0.05, 0.1) is 0 Å². The lowest BCUT2D eigenvalue weighted by atomic mass is 9.81. The number of nitrogens with two attached hydrogens (primary N) is 2. The summed E-state index contributed by atoms with van der Waals surface area (Å²) in [6.07, 6.45) is 5.46. The molecule has 2 aliphatic rings. The van der Waals surface area contributed by atoms with E-state index in [1.807, 2.05) is 54.7 Å². The molecule has 6 rings (SSSR count). The van der Waals surface area contributed by atoms with Crippen LogP contribution in [0.5, 0.6) is 0 Å². The lowest BCUT2D eigenvalue weighted by molar-refractivity contribution is -0.127. The number of rotatable bonds is 10. The molecule has 3 heterocycles. The Hall–Kier alpha value is -4.39. The van der Waals surface area contributed by atoms with Crippen molar-refractivity contribution in [3.8, 4) is 22.5 Å². The molecular formula is C34H43ClN10O2. The fourth-order valence-corrected chi connectivity index (χ4v) is 6.52. The largest absolute Gasteiger partial charge is 0.368 e. The van der Waals surface area contributed by atoms with Crippen LogP contribution in [0.25, 0.3) is 22.5 Å². The van der Waals surface area contributed by atoms with Gasteiger partial charge in [0.15, 0.2) is 5.82 Å². The maximum Gasteiger partial charge on any atom is 0.240 e. The zero-order valence-corrected chi connectivity index (χ0v) is 27.5. The van der Waals surface area contributed by atoms with Crippen molar-refractivity contribution in [2.75, 3.05) is 49.6 Å². The molecule has 2 fully saturated rings. The maximum atomic E-state index is 14.2. The van der Waals surface area contributed by atoms with Crippen LogP contribution in [0.2, 0.25) is 0 Å². The highest BCUT2D eigenvalue weighted by atomic mass is 35.5. The van der Waals surface area contributed by atoms with Gasteiger partial charge in [-0.1, -0.05) is 24.3 Å². The Morgan fingerprint density at radius 3 is 2.15 bits per heavy atom. The highest BCUT2D eigenvalue weighted by Crippen LogP contribution is 2.33. The van der Waals surface area contributed by atoms with Gasteiger partial charge in [-0.2, -0.15) is 0 Å². The second kappa shape index (κ2) is 15.5. The summed E-state index contributed by atoms with van der Waals surface area (Å²) >= 11 is 0. The summed E-state index contributed by atoms with van der Waals surface area (Å²) in [4.78, 5) is 38.2. The Kier molecular flexibility index (Phi) is 11.2. The number of aromatic amines is 1. The molecule has 5 N–H and O–H groups in total. The SMILES string of the molecule is CN1CCN(c2ccc(-c3ccc(C[C@@H](C(N)=O)N(c4ccc(-c5nnn[nH]5)cc4)C(=O)[C@H]4CC[C@H](CN)CC4)cc3)cn2)CC1.Cl. The van der Waals surface area contributed by atoms with Gasteiger partial charge in [-0.15, -0.1) is 17.5 Å². The summed E-state index contributed by atoms with van der Waals surface area (Å²) in [5, 5.41) is 14.0. The smallest absolute Gasteiger partial charge is 0.240 e. The predicted molar refractivity (Wildman–Crippen MR) is 185 cm³/mol. The Bertz CT molecular complexity index is 1580. The summed E-state index contributed by atoms with van der Waals surface area (Å²) < 4.78 is 0. The zero-order valence-electron chi connectivity index (χ0n) is 26.7. The van der Waals surface area contributed by atoms with Crippen molar-refractivity contribution in [1.29, 1.82) is 0 Å². The first kappa shape index (κ1) is 34.0. The number of primary amides is 1. The van der Waals surface area contributed by atoms with Crippen LogP contribution in [-0.2, 0) is 16.0 Å². The Balaban J connectivity index is 0.00000433. The number of benzene rings is 2. The van der Waals surface area contributed by atoms with E-state index in [2.05, 4.69) is 49.6 Å². The average molecular weight is 659 g/mol. The van der Waals surface area contributed by atoms with Crippen molar-refractivity contribution < 1.29 is 9.59 Å². The van der Waals surface area contributed by atoms with Crippen LogP contribution in [0.1, 0.15) is 31.2 Å². The molecular weight excluding hydrogens is 616 g/mol. The number of hydrogen-bond donors (Lipinski definition) is 3. The molecule has 1 saturated carbocycles. The molecule has 0 unspecified atom stereocenters. The molecule has 1 aliphatic carbocycles. The van der Waals surface area contributed by atoms with E-state index in [4.69, 9.17) is 16.5 Å². The number of aromatic nitrogens is 5. The quantitative estimate of drug-likeness (QED) is 0.232. The third-order valence-corrected chi connectivity index (χ3v) is 9.46. The summed E-state index contributed by atoms with van der Waals surface area (Å²) in [5.74, 6) is 1.09. The van der Waals surface area contributed by atoms with Gasteiger partial charge in [0, 0.05) is 61.5 Å². The molecule has 47 heavy (non-hydrogen) atoms. The number of halogens is 1. The first-order chi connectivity index (χ1) is 22.4. The van der Waals surface area contributed by atoms with E-state index in [0.29, 0.717) is 24.0 Å². The molecule has 12 nitrogen and oxygen atoms in total. The number of carbonyl (C=O) groups excluding carboxylic acids is 2. The van der Waals surface area contributed by atoms with Crippen molar-refractivity contribution in [2.45, 2.75) is 38.1 Å². The topological polar surface area (TPSA) is 163 Å². The van der Waals surface area contributed by atoms with Gasteiger partial charge in [0.2, 0.25) is 11.8 Å². The highest BCUT2D eigenvalue weighted by molar-refractivity contribution is 6.01. The van der Waals surface area contributed by atoms with Crippen LogP contribution in [-0.4, -0.2) is 88.1 Å². The standard InChI is InChI=1S/C34H42N10O2.ClH/c1-42-16-18-43(19-17-42)31-15-12-28(22-37-31)25-6-2-23(3-7-25)20-30(32(36)45)44(34(46)27-8-4-24(21-35)5-9-27)29-13-10-26(11-14-29)33-38-40-41-39-33;/h2-3,6-7,10-15,22,24,27,30H,4-5,8-9,16-21,35H2,1H3,(H2,36,45)(H,38,39,40,41);1H/t24-,27-,30-;/m0./s1. The van der Waals surface area contributed by atoms with E-state index < -0.39 is 11.9 Å². The minimum atomic E-state index is -0.868. The number of nitrogens with one attached hydrogen (secondary N) is 1. The van der Waals surface area contributed by atoms with Gasteiger partial charge in [-0.3, -0.25) is 14.5 Å². The average Bonchev–Trinajstić information content (AvgIpc) is 3.64. The van der Waals surface area contributed by atoms with E-state index in [-0.39, 0.29) is 30.7 Å². The first-order valence-corrected chi connectivity index (χ1v) is 16.0. The number of carbonyl (C=O) groups is 2. The molecule has 1 aliphatic heterocycles. The van der Waals surface area contributed by atoms with Crippen molar-refractivity contribution in [3.05, 3.63) is 72.4 Å².